The molecule has 0 saturated heterocycles. The molecule has 0 heterocycles. The Morgan fingerprint density at radius 3 is 1.07 bits per heavy atom. The van der Waals surface area contributed by atoms with Crippen LogP contribution in [0.15, 0.2) is 0 Å². The number of unbranched alkanes of at least 4 members (excludes halogenated alkanes) is 15. The van der Waals surface area contributed by atoms with Gasteiger partial charge in [0.2, 0.25) is 0 Å². The average Bonchev–Trinajstić information content (AvgIpc) is 2.65. The van der Waals surface area contributed by atoms with E-state index in [0.29, 0.717) is 0 Å². The van der Waals surface area contributed by atoms with Crippen molar-refractivity contribution < 1.29 is 9.90 Å². The average molecular weight is 404 g/mol. The second-order valence-electron chi connectivity index (χ2n) is 7.68. The molecule has 5 nitrogen and oxygen atoms in total. The maximum atomic E-state index is 9.00. The summed E-state index contributed by atoms with van der Waals surface area (Å²) in [4.78, 5) is 9.00. The largest absolute Gasteiger partial charge is 0.481 e. The van der Waals surface area contributed by atoms with Crippen molar-refractivity contribution in [2.45, 2.75) is 136 Å². The van der Waals surface area contributed by atoms with Crippen LogP contribution in [0.5, 0.6) is 0 Å². The van der Waals surface area contributed by atoms with Gasteiger partial charge in [0.15, 0.2) is 0 Å². The summed E-state index contributed by atoms with van der Waals surface area (Å²) in [6, 6.07) is 0. The molecule has 5 heteroatoms. The van der Waals surface area contributed by atoms with Crippen molar-refractivity contribution in [1.29, 1.82) is 0 Å². The zero-order chi connectivity index (χ0) is 21.9. The second kappa shape index (κ2) is 31.1. The maximum absolute atomic E-state index is 9.00. The first-order valence-corrected chi connectivity index (χ1v) is 11.8. The van der Waals surface area contributed by atoms with Crippen LogP contribution in [0, 0.1) is 0 Å². The highest BCUT2D eigenvalue weighted by molar-refractivity contribution is 5.62. The Hall–Kier alpha value is -0.650. The molecular weight excluding hydrogens is 350 g/mol. The Bertz CT molecular complexity index is 255. The molecule has 0 aliphatic rings. The van der Waals surface area contributed by atoms with Crippen molar-refractivity contribution in [2.24, 2.45) is 17.2 Å². The topological polar surface area (TPSA) is 115 Å². The molecule has 172 valence electrons. The smallest absolute Gasteiger partial charge is 0.300 e. The van der Waals surface area contributed by atoms with Gasteiger partial charge in [0, 0.05) is 6.92 Å². The van der Waals surface area contributed by atoms with Gasteiger partial charge in [-0.15, -0.1) is 0 Å². The highest BCUT2D eigenvalue weighted by atomic mass is 16.4. The molecule has 0 aromatic rings. The van der Waals surface area contributed by atoms with Crippen molar-refractivity contribution in [2.75, 3.05) is 6.54 Å². The van der Waals surface area contributed by atoms with Crippen LogP contribution in [-0.2, 0) is 4.79 Å². The first-order chi connectivity index (χ1) is 13.4. The van der Waals surface area contributed by atoms with E-state index in [-0.39, 0.29) is 6.17 Å². The maximum Gasteiger partial charge on any atom is 0.300 e. The van der Waals surface area contributed by atoms with Gasteiger partial charge < -0.3 is 22.3 Å². The van der Waals surface area contributed by atoms with E-state index in [9.17, 15) is 0 Å². The van der Waals surface area contributed by atoms with E-state index in [1.807, 2.05) is 6.92 Å². The fraction of sp³-hybridized carbons (Fsp3) is 0.957. The van der Waals surface area contributed by atoms with Crippen molar-refractivity contribution in [3.8, 4) is 0 Å². The van der Waals surface area contributed by atoms with Crippen LogP contribution in [0.3, 0.4) is 0 Å². The van der Waals surface area contributed by atoms with Gasteiger partial charge in [-0.1, -0.05) is 110 Å². The van der Waals surface area contributed by atoms with E-state index in [1.54, 1.807) is 0 Å². The number of carboxylic acids is 1. The predicted octanol–water partition coefficient (Wildman–Crippen LogP) is 5.94. The van der Waals surface area contributed by atoms with Gasteiger partial charge in [-0.25, -0.2) is 0 Å². The zero-order valence-corrected chi connectivity index (χ0v) is 19.4. The fourth-order valence-corrected chi connectivity index (χ4v) is 2.69. The van der Waals surface area contributed by atoms with Crippen LogP contribution in [0.2, 0.25) is 0 Å². The summed E-state index contributed by atoms with van der Waals surface area (Å²) in [5.41, 5.74) is 15.6. The third kappa shape index (κ3) is 49.9. The van der Waals surface area contributed by atoms with Gasteiger partial charge >= 0.3 is 0 Å². The van der Waals surface area contributed by atoms with Gasteiger partial charge in [-0.2, -0.15) is 0 Å². The Balaban J connectivity index is -0.000000575. The summed E-state index contributed by atoms with van der Waals surface area (Å²) in [6.07, 6.45) is 23.6. The highest BCUT2D eigenvalue weighted by Gasteiger charge is 1.94. The molecule has 0 rings (SSSR count). The molecular formula is C23H53N3O2. The Labute approximate surface area is 176 Å². The number of rotatable bonds is 17. The Morgan fingerprint density at radius 1 is 0.679 bits per heavy atom. The summed E-state index contributed by atoms with van der Waals surface area (Å²) >= 11 is 0. The van der Waals surface area contributed by atoms with Crippen LogP contribution in [-0.4, -0.2) is 23.8 Å². The van der Waals surface area contributed by atoms with E-state index in [1.165, 1.54) is 103 Å². The van der Waals surface area contributed by atoms with Crippen molar-refractivity contribution in [3.63, 3.8) is 0 Å². The number of hydrogen-bond donors (Lipinski definition) is 4. The van der Waals surface area contributed by atoms with Crippen molar-refractivity contribution in [3.05, 3.63) is 0 Å². The van der Waals surface area contributed by atoms with E-state index < -0.39 is 5.97 Å². The standard InChI is InChI=1S/C18H39N.C3H10N2.C2H4O2/c1-2-3-4-5-6-7-8-9-10-11-12-13-14-15-16-17-18-19;1-2-3(4)5;1-2(3)4/h2-19H2,1H3;3H,2,4-5H2,1H3;1H3,(H,3,4). The molecule has 28 heavy (non-hydrogen) atoms. The molecule has 0 aromatic carbocycles. The molecule has 0 atom stereocenters. The van der Waals surface area contributed by atoms with E-state index in [0.717, 1.165) is 19.9 Å². The number of carbonyl (C=O) groups is 1. The van der Waals surface area contributed by atoms with E-state index >= 15 is 0 Å². The highest BCUT2D eigenvalue weighted by Crippen LogP contribution is 2.13. The van der Waals surface area contributed by atoms with Crippen LogP contribution in [0.4, 0.5) is 0 Å². The SMILES string of the molecule is CC(=O)O.CCC(N)N.CCCCCCCCCCCCCCCCCCN. The monoisotopic (exact) mass is 403 g/mol. The number of carboxylic acid groups (broad SMARTS) is 1. The molecule has 0 amide bonds. The van der Waals surface area contributed by atoms with Crippen molar-refractivity contribution in [1.82, 2.24) is 0 Å². The lowest BCUT2D eigenvalue weighted by Crippen LogP contribution is -2.28. The Morgan fingerprint density at radius 2 is 0.893 bits per heavy atom. The van der Waals surface area contributed by atoms with E-state index in [2.05, 4.69) is 6.92 Å². The lowest BCUT2D eigenvalue weighted by molar-refractivity contribution is -0.134. The number of hydrogen-bond acceptors (Lipinski definition) is 4. The van der Waals surface area contributed by atoms with Gasteiger partial charge in [0.1, 0.15) is 0 Å². The molecule has 0 aliphatic heterocycles. The summed E-state index contributed by atoms with van der Waals surface area (Å²) in [7, 11) is 0. The van der Waals surface area contributed by atoms with Gasteiger partial charge in [0.25, 0.3) is 5.97 Å². The minimum absolute atomic E-state index is 0.116. The molecule has 7 N–H and O–H groups in total. The summed E-state index contributed by atoms with van der Waals surface area (Å²) in [6.45, 7) is 6.20. The normalized spacial score (nSPS) is 10.1. The summed E-state index contributed by atoms with van der Waals surface area (Å²) < 4.78 is 0. The molecule has 0 saturated carbocycles. The van der Waals surface area contributed by atoms with E-state index in [4.69, 9.17) is 27.1 Å². The molecule has 0 unspecified atom stereocenters. The zero-order valence-electron chi connectivity index (χ0n) is 19.4. The Kier molecular flexibility index (Phi) is 35.5. The van der Waals surface area contributed by atoms with Crippen molar-refractivity contribution >= 4 is 5.97 Å². The van der Waals surface area contributed by atoms with Crippen LogP contribution < -0.4 is 17.2 Å². The van der Waals surface area contributed by atoms with Crippen LogP contribution in [0.25, 0.3) is 0 Å². The third-order valence-corrected chi connectivity index (χ3v) is 4.53. The van der Waals surface area contributed by atoms with Gasteiger partial charge in [0.05, 0.1) is 6.17 Å². The number of aliphatic carboxylic acids is 1. The second-order valence-corrected chi connectivity index (χ2v) is 7.68. The quantitative estimate of drug-likeness (QED) is 0.177. The molecule has 0 fully saturated rings. The van der Waals surface area contributed by atoms with Crippen LogP contribution >= 0.6 is 0 Å². The summed E-state index contributed by atoms with van der Waals surface area (Å²) in [5.74, 6) is -0.833. The fourth-order valence-electron chi connectivity index (χ4n) is 2.69. The molecule has 0 spiro atoms. The minimum atomic E-state index is -0.833. The number of nitrogens with two attached hydrogens (primary N) is 3. The predicted molar refractivity (Wildman–Crippen MR) is 124 cm³/mol. The molecule has 0 bridgehead atoms. The first kappa shape index (κ1) is 32.0. The lowest BCUT2D eigenvalue weighted by Gasteiger charge is -2.03. The summed E-state index contributed by atoms with van der Waals surface area (Å²) in [5, 5.41) is 7.42. The molecule has 0 aliphatic carbocycles. The van der Waals surface area contributed by atoms with Gasteiger partial charge in [-0.3, -0.25) is 4.79 Å². The van der Waals surface area contributed by atoms with Gasteiger partial charge in [-0.05, 0) is 19.4 Å². The minimum Gasteiger partial charge on any atom is -0.481 e. The third-order valence-electron chi connectivity index (χ3n) is 4.53. The molecule has 0 aromatic heterocycles. The molecule has 0 radical (unpaired) electrons. The van der Waals surface area contributed by atoms with Crippen LogP contribution in [0.1, 0.15) is 130 Å². The first-order valence-electron chi connectivity index (χ1n) is 11.8. The lowest BCUT2D eigenvalue weighted by atomic mass is 10.0.